The summed E-state index contributed by atoms with van der Waals surface area (Å²) in [4.78, 5) is 11.4. The Morgan fingerprint density at radius 2 is 2.21 bits per heavy atom. The van der Waals surface area contributed by atoms with Crippen molar-refractivity contribution >= 4 is 23.2 Å². The Morgan fingerprint density at radius 1 is 1.57 bits per heavy atom. The van der Waals surface area contributed by atoms with Crippen LogP contribution in [-0.2, 0) is 9.53 Å². The number of amides is 1. The Kier molecular flexibility index (Phi) is 7.04. The van der Waals surface area contributed by atoms with Crippen molar-refractivity contribution in [1.82, 2.24) is 16.0 Å². The van der Waals surface area contributed by atoms with E-state index in [-0.39, 0.29) is 11.9 Å². The molecule has 5 nitrogen and oxygen atoms in total. The molecule has 0 aromatic rings. The van der Waals surface area contributed by atoms with Gasteiger partial charge in [0.1, 0.15) is 6.04 Å². The number of carbonyl (C=O) groups is 1. The number of hydrogen-bond donors (Lipinski definition) is 3. The van der Waals surface area contributed by atoms with Gasteiger partial charge in [0.2, 0.25) is 5.91 Å². The fourth-order valence-electron chi connectivity index (χ4n) is 0.764. The molecule has 6 heteroatoms. The summed E-state index contributed by atoms with van der Waals surface area (Å²) in [6.07, 6.45) is 0. The van der Waals surface area contributed by atoms with Crippen LogP contribution in [0.5, 0.6) is 0 Å². The second-order valence-corrected chi connectivity index (χ2v) is 3.14. The number of rotatable bonds is 5. The van der Waals surface area contributed by atoms with E-state index in [1.165, 1.54) is 0 Å². The molecule has 0 saturated heterocycles. The minimum absolute atomic E-state index is 0.0975. The van der Waals surface area contributed by atoms with Crippen molar-refractivity contribution in [2.45, 2.75) is 13.0 Å². The zero-order valence-corrected chi connectivity index (χ0v) is 9.53. The Labute approximate surface area is 89.6 Å². The average molecular weight is 219 g/mol. The second-order valence-electron chi connectivity index (χ2n) is 2.73. The third-order valence-electron chi connectivity index (χ3n) is 1.57. The molecule has 0 saturated carbocycles. The van der Waals surface area contributed by atoms with Gasteiger partial charge in [-0.3, -0.25) is 4.79 Å². The topological polar surface area (TPSA) is 62.4 Å². The SMILES string of the molecule is CNC(=S)NC(C)C(=O)NCCOC. The van der Waals surface area contributed by atoms with Crippen molar-refractivity contribution in [2.75, 3.05) is 27.3 Å². The van der Waals surface area contributed by atoms with Crippen LogP contribution in [0, 0.1) is 0 Å². The lowest BCUT2D eigenvalue weighted by Gasteiger charge is -2.15. The Balaban J connectivity index is 3.70. The van der Waals surface area contributed by atoms with E-state index in [1.807, 2.05) is 0 Å². The van der Waals surface area contributed by atoms with Crippen LogP contribution in [0.4, 0.5) is 0 Å². The highest BCUT2D eigenvalue weighted by Gasteiger charge is 2.11. The molecule has 0 rings (SSSR count). The summed E-state index contributed by atoms with van der Waals surface area (Å²) in [6, 6.07) is -0.341. The summed E-state index contributed by atoms with van der Waals surface area (Å²) in [5.74, 6) is -0.0975. The summed E-state index contributed by atoms with van der Waals surface area (Å²) in [6.45, 7) is 2.76. The molecule has 82 valence electrons. The number of hydrogen-bond acceptors (Lipinski definition) is 3. The smallest absolute Gasteiger partial charge is 0.242 e. The van der Waals surface area contributed by atoms with Gasteiger partial charge in [0, 0.05) is 20.7 Å². The third-order valence-corrected chi connectivity index (χ3v) is 1.90. The molecule has 0 aromatic heterocycles. The lowest BCUT2D eigenvalue weighted by atomic mass is 10.3. The first-order valence-corrected chi connectivity index (χ1v) is 4.77. The number of nitrogens with one attached hydrogen (secondary N) is 3. The number of thiocarbonyl (C=S) groups is 1. The minimum Gasteiger partial charge on any atom is -0.383 e. The highest BCUT2D eigenvalue weighted by atomic mass is 32.1. The van der Waals surface area contributed by atoms with Gasteiger partial charge in [0.05, 0.1) is 6.61 Å². The first-order chi connectivity index (χ1) is 6.61. The summed E-state index contributed by atoms with van der Waals surface area (Å²) in [5, 5.41) is 8.71. The zero-order valence-electron chi connectivity index (χ0n) is 8.72. The molecule has 0 aliphatic rings. The van der Waals surface area contributed by atoms with Crippen LogP contribution in [0.3, 0.4) is 0 Å². The van der Waals surface area contributed by atoms with Crippen LogP contribution in [-0.4, -0.2) is 44.4 Å². The van der Waals surface area contributed by atoms with Crippen molar-refractivity contribution in [2.24, 2.45) is 0 Å². The fraction of sp³-hybridized carbons (Fsp3) is 0.750. The highest BCUT2D eigenvalue weighted by Crippen LogP contribution is 1.81. The van der Waals surface area contributed by atoms with Crippen LogP contribution in [0.2, 0.25) is 0 Å². The molecule has 0 aliphatic heterocycles. The lowest BCUT2D eigenvalue weighted by Crippen LogP contribution is -2.48. The average Bonchev–Trinajstić information content (AvgIpc) is 2.17. The summed E-state index contributed by atoms with van der Waals surface area (Å²) in [5.41, 5.74) is 0. The predicted octanol–water partition coefficient (Wildman–Crippen LogP) is -0.769. The molecule has 3 N–H and O–H groups in total. The van der Waals surface area contributed by atoms with Crippen LogP contribution in [0.25, 0.3) is 0 Å². The molecule has 0 fully saturated rings. The normalized spacial score (nSPS) is 11.6. The molecule has 0 bridgehead atoms. The molecule has 14 heavy (non-hydrogen) atoms. The molecule has 0 aromatic carbocycles. The van der Waals surface area contributed by atoms with Gasteiger partial charge < -0.3 is 20.7 Å². The van der Waals surface area contributed by atoms with Gasteiger partial charge in [-0.25, -0.2) is 0 Å². The number of methoxy groups -OCH3 is 1. The monoisotopic (exact) mass is 219 g/mol. The first kappa shape index (κ1) is 13.1. The quantitative estimate of drug-likeness (QED) is 0.419. The molecule has 1 unspecified atom stereocenters. The van der Waals surface area contributed by atoms with E-state index in [2.05, 4.69) is 16.0 Å². The number of ether oxygens (including phenoxy) is 1. The zero-order chi connectivity index (χ0) is 11.0. The maximum Gasteiger partial charge on any atom is 0.242 e. The first-order valence-electron chi connectivity index (χ1n) is 4.36. The van der Waals surface area contributed by atoms with Crippen molar-refractivity contribution < 1.29 is 9.53 Å². The van der Waals surface area contributed by atoms with Gasteiger partial charge in [-0.2, -0.15) is 0 Å². The van der Waals surface area contributed by atoms with Gasteiger partial charge in [-0.05, 0) is 19.1 Å². The predicted molar refractivity (Wildman–Crippen MR) is 59.1 cm³/mol. The molecule has 0 heterocycles. The van der Waals surface area contributed by atoms with Crippen molar-refractivity contribution in [3.63, 3.8) is 0 Å². The van der Waals surface area contributed by atoms with Gasteiger partial charge in [0.25, 0.3) is 0 Å². The maximum absolute atomic E-state index is 11.4. The largest absolute Gasteiger partial charge is 0.383 e. The fourth-order valence-corrected chi connectivity index (χ4v) is 0.941. The van der Waals surface area contributed by atoms with E-state index in [4.69, 9.17) is 17.0 Å². The van der Waals surface area contributed by atoms with Crippen LogP contribution in [0.1, 0.15) is 6.92 Å². The van der Waals surface area contributed by atoms with Crippen molar-refractivity contribution in [1.29, 1.82) is 0 Å². The van der Waals surface area contributed by atoms with Gasteiger partial charge >= 0.3 is 0 Å². The second kappa shape index (κ2) is 7.52. The van der Waals surface area contributed by atoms with E-state index in [1.54, 1.807) is 21.1 Å². The molecule has 1 amide bonds. The standard InChI is InChI=1S/C8H17N3O2S/c1-6(11-8(14)9-2)7(12)10-4-5-13-3/h6H,4-5H2,1-3H3,(H,10,12)(H2,9,11,14). The van der Waals surface area contributed by atoms with Crippen LogP contribution >= 0.6 is 12.2 Å². The van der Waals surface area contributed by atoms with E-state index in [0.717, 1.165) is 0 Å². The molecular weight excluding hydrogens is 202 g/mol. The van der Waals surface area contributed by atoms with Gasteiger partial charge in [-0.1, -0.05) is 0 Å². The van der Waals surface area contributed by atoms with E-state index >= 15 is 0 Å². The van der Waals surface area contributed by atoms with E-state index in [0.29, 0.717) is 18.3 Å². The molecular formula is C8H17N3O2S. The summed E-state index contributed by atoms with van der Waals surface area (Å²) in [7, 11) is 3.29. The molecule has 0 spiro atoms. The Morgan fingerprint density at radius 3 is 2.71 bits per heavy atom. The van der Waals surface area contributed by atoms with Crippen molar-refractivity contribution in [3.05, 3.63) is 0 Å². The maximum atomic E-state index is 11.4. The van der Waals surface area contributed by atoms with Crippen LogP contribution in [0.15, 0.2) is 0 Å². The highest BCUT2D eigenvalue weighted by molar-refractivity contribution is 7.80. The van der Waals surface area contributed by atoms with Crippen LogP contribution < -0.4 is 16.0 Å². The van der Waals surface area contributed by atoms with Crippen molar-refractivity contribution in [3.8, 4) is 0 Å². The van der Waals surface area contributed by atoms with Gasteiger partial charge in [-0.15, -0.1) is 0 Å². The summed E-state index contributed by atoms with van der Waals surface area (Å²) >= 11 is 4.86. The molecule has 0 radical (unpaired) electrons. The lowest BCUT2D eigenvalue weighted by molar-refractivity contribution is -0.122. The minimum atomic E-state index is -0.341. The Bertz CT molecular complexity index is 199. The summed E-state index contributed by atoms with van der Waals surface area (Å²) < 4.78 is 4.80. The third kappa shape index (κ3) is 5.71. The number of carbonyl (C=O) groups excluding carboxylic acids is 1. The molecule has 1 atom stereocenters. The van der Waals surface area contributed by atoms with E-state index in [9.17, 15) is 4.79 Å². The Hall–Kier alpha value is -0.880. The molecule has 0 aliphatic carbocycles. The van der Waals surface area contributed by atoms with Gasteiger partial charge in [0.15, 0.2) is 5.11 Å². The van der Waals surface area contributed by atoms with E-state index < -0.39 is 0 Å².